The first-order valence-corrected chi connectivity index (χ1v) is 13.8. The van der Waals surface area contributed by atoms with Gasteiger partial charge >= 0.3 is 5.97 Å². The Morgan fingerprint density at radius 3 is 2.25 bits per heavy atom. The molecule has 6 heteroatoms. The first-order chi connectivity index (χ1) is 17.5. The van der Waals surface area contributed by atoms with Crippen LogP contribution in [-0.2, 0) is 4.79 Å². The van der Waals surface area contributed by atoms with E-state index in [1.807, 2.05) is 54.4 Å². The van der Waals surface area contributed by atoms with Gasteiger partial charge in [-0.3, -0.25) is 4.79 Å². The third-order valence-electron chi connectivity index (χ3n) is 7.37. The van der Waals surface area contributed by atoms with Crippen molar-refractivity contribution in [3.63, 3.8) is 0 Å². The SMILES string of the molecule is CCC(CCNC)N(C(=O)C1CCC(c2ccccc2)CC1)c1cc(-c2ccccc2)sc1C(=O)O. The number of amides is 1. The van der Waals surface area contributed by atoms with Crippen LogP contribution in [0, 0.1) is 5.92 Å². The third-order valence-corrected chi connectivity index (χ3v) is 8.53. The number of nitrogens with one attached hydrogen (secondary N) is 1. The van der Waals surface area contributed by atoms with Crippen molar-refractivity contribution in [2.24, 2.45) is 5.92 Å². The van der Waals surface area contributed by atoms with E-state index in [9.17, 15) is 14.7 Å². The first kappa shape index (κ1) is 26.1. The number of carbonyl (C=O) groups is 2. The molecule has 2 aromatic carbocycles. The molecule has 36 heavy (non-hydrogen) atoms. The van der Waals surface area contributed by atoms with Crippen LogP contribution in [0.3, 0.4) is 0 Å². The molecule has 1 aliphatic carbocycles. The summed E-state index contributed by atoms with van der Waals surface area (Å²) in [6.45, 7) is 2.85. The number of hydrogen-bond acceptors (Lipinski definition) is 4. The molecule has 1 aromatic heterocycles. The van der Waals surface area contributed by atoms with E-state index in [0.717, 1.165) is 55.5 Å². The van der Waals surface area contributed by atoms with E-state index in [1.54, 1.807) is 0 Å². The lowest BCUT2D eigenvalue weighted by Gasteiger charge is -2.36. The van der Waals surface area contributed by atoms with Crippen molar-refractivity contribution in [2.45, 2.75) is 57.4 Å². The van der Waals surface area contributed by atoms with Gasteiger partial charge in [-0.15, -0.1) is 11.3 Å². The summed E-state index contributed by atoms with van der Waals surface area (Å²) in [6.07, 6.45) is 5.15. The predicted octanol–water partition coefficient (Wildman–Crippen LogP) is 6.81. The lowest BCUT2D eigenvalue weighted by Crippen LogP contribution is -2.45. The molecule has 0 bridgehead atoms. The number of hydrogen-bond donors (Lipinski definition) is 2. The van der Waals surface area contributed by atoms with Crippen molar-refractivity contribution < 1.29 is 14.7 Å². The van der Waals surface area contributed by atoms with Crippen molar-refractivity contribution in [3.05, 3.63) is 77.2 Å². The summed E-state index contributed by atoms with van der Waals surface area (Å²) in [5.74, 6) is -0.513. The van der Waals surface area contributed by atoms with Crippen molar-refractivity contribution in [1.29, 1.82) is 0 Å². The summed E-state index contributed by atoms with van der Waals surface area (Å²) in [4.78, 5) is 29.5. The smallest absolute Gasteiger partial charge is 0.348 e. The van der Waals surface area contributed by atoms with Crippen LogP contribution in [0.2, 0.25) is 0 Å². The van der Waals surface area contributed by atoms with E-state index in [0.29, 0.717) is 11.6 Å². The number of carbonyl (C=O) groups excluding carboxylic acids is 1. The van der Waals surface area contributed by atoms with Crippen molar-refractivity contribution in [3.8, 4) is 10.4 Å². The number of nitrogens with zero attached hydrogens (tertiary/aromatic N) is 1. The van der Waals surface area contributed by atoms with Crippen molar-refractivity contribution in [2.75, 3.05) is 18.5 Å². The molecule has 4 rings (SSSR count). The van der Waals surface area contributed by atoms with Gasteiger partial charge in [-0.1, -0.05) is 67.6 Å². The van der Waals surface area contributed by atoms with E-state index in [1.165, 1.54) is 16.9 Å². The normalized spacial score (nSPS) is 18.5. The summed E-state index contributed by atoms with van der Waals surface area (Å²) in [5, 5.41) is 13.3. The van der Waals surface area contributed by atoms with Gasteiger partial charge in [0.15, 0.2) is 0 Å². The Labute approximate surface area is 218 Å². The molecule has 1 saturated carbocycles. The topological polar surface area (TPSA) is 69.6 Å². The molecular formula is C30H36N2O3S. The van der Waals surface area contributed by atoms with Gasteiger partial charge in [0, 0.05) is 16.8 Å². The van der Waals surface area contributed by atoms with Gasteiger partial charge in [0.05, 0.1) is 5.69 Å². The quantitative estimate of drug-likeness (QED) is 0.318. The molecule has 1 aliphatic rings. The van der Waals surface area contributed by atoms with Crippen LogP contribution in [0.1, 0.15) is 66.6 Å². The zero-order valence-corrected chi connectivity index (χ0v) is 22.0. The number of anilines is 1. The maximum Gasteiger partial charge on any atom is 0.348 e. The third kappa shape index (κ3) is 5.88. The molecule has 5 nitrogen and oxygen atoms in total. The van der Waals surface area contributed by atoms with Gasteiger partial charge in [-0.2, -0.15) is 0 Å². The molecule has 0 saturated heterocycles. The Hall–Kier alpha value is -2.96. The maximum absolute atomic E-state index is 14.1. The van der Waals surface area contributed by atoms with E-state index in [2.05, 4.69) is 36.5 Å². The lowest BCUT2D eigenvalue weighted by molar-refractivity contribution is -0.124. The molecule has 0 radical (unpaired) electrons. The van der Waals surface area contributed by atoms with E-state index >= 15 is 0 Å². The summed E-state index contributed by atoms with van der Waals surface area (Å²) < 4.78 is 0. The molecule has 3 aromatic rings. The second kappa shape index (κ2) is 12.3. The molecule has 0 aliphatic heterocycles. The Kier molecular flexibility index (Phi) is 8.94. The minimum absolute atomic E-state index is 0.0619. The molecule has 2 N–H and O–H groups in total. The number of thiophene rings is 1. The molecule has 0 spiro atoms. The summed E-state index contributed by atoms with van der Waals surface area (Å²) in [5.41, 5.74) is 2.86. The van der Waals surface area contributed by atoms with Crippen LogP contribution >= 0.6 is 11.3 Å². The number of rotatable bonds is 10. The highest BCUT2D eigenvalue weighted by Gasteiger charge is 2.36. The van der Waals surface area contributed by atoms with Crippen molar-refractivity contribution in [1.82, 2.24) is 5.32 Å². The largest absolute Gasteiger partial charge is 0.477 e. The Balaban J connectivity index is 1.65. The van der Waals surface area contributed by atoms with Gasteiger partial charge in [0.2, 0.25) is 5.91 Å². The van der Waals surface area contributed by atoms with Crippen LogP contribution in [0.25, 0.3) is 10.4 Å². The summed E-state index contributed by atoms with van der Waals surface area (Å²) in [6, 6.07) is 22.2. The number of benzene rings is 2. The van der Waals surface area contributed by atoms with Gasteiger partial charge in [0.1, 0.15) is 4.88 Å². The molecule has 190 valence electrons. The van der Waals surface area contributed by atoms with Crippen molar-refractivity contribution >= 4 is 28.9 Å². The van der Waals surface area contributed by atoms with Crippen LogP contribution in [0.5, 0.6) is 0 Å². The van der Waals surface area contributed by atoms with Gasteiger partial charge < -0.3 is 15.3 Å². The number of carboxylic acid groups (broad SMARTS) is 1. The molecule has 1 unspecified atom stereocenters. The van der Waals surface area contributed by atoms with E-state index in [4.69, 9.17) is 0 Å². The monoisotopic (exact) mass is 504 g/mol. The number of aromatic carboxylic acids is 1. The van der Waals surface area contributed by atoms with Crippen LogP contribution in [0.4, 0.5) is 5.69 Å². The maximum atomic E-state index is 14.1. The Morgan fingerprint density at radius 1 is 1.03 bits per heavy atom. The van der Waals surface area contributed by atoms with Gasteiger partial charge in [0.25, 0.3) is 0 Å². The van der Waals surface area contributed by atoms with Crippen LogP contribution in [0.15, 0.2) is 66.7 Å². The molecule has 1 atom stereocenters. The van der Waals surface area contributed by atoms with E-state index < -0.39 is 5.97 Å². The fourth-order valence-corrected chi connectivity index (χ4v) is 6.37. The molecule has 1 heterocycles. The second-order valence-electron chi connectivity index (χ2n) is 9.62. The highest BCUT2D eigenvalue weighted by molar-refractivity contribution is 7.18. The number of carboxylic acids is 1. The van der Waals surface area contributed by atoms with Gasteiger partial charge in [-0.05, 0) is 75.2 Å². The van der Waals surface area contributed by atoms with Crippen LogP contribution in [-0.4, -0.2) is 36.6 Å². The zero-order chi connectivity index (χ0) is 25.5. The highest BCUT2D eigenvalue weighted by atomic mass is 32.1. The van der Waals surface area contributed by atoms with E-state index in [-0.39, 0.29) is 22.7 Å². The minimum Gasteiger partial charge on any atom is -0.477 e. The average molecular weight is 505 g/mol. The summed E-state index contributed by atoms with van der Waals surface area (Å²) in [7, 11) is 1.91. The van der Waals surface area contributed by atoms with Crippen LogP contribution < -0.4 is 10.2 Å². The molecule has 1 fully saturated rings. The second-order valence-corrected chi connectivity index (χ2v) is 10.7. The Bertz CT molecular complexity index is 1140. The fourth-order valence-electron chi connectivity index (χ4n) is 5.38. The lowest BCUT2D eigenvalue weighted by atomic mass is 9.78. The molecular weight excluding hydrogens is 468 g/mol. The zero-order valence-electron chi connectivity index (χ0n) is 21.2. The summed E-state index contributed by atoms with van der Waals surface area (Å²) >= 11 is 1.25. The average Bonchev–Trinajstić information content (AvgIpc) is 3.37. The standard InChI is InChI=1S/C30H36N2O3S/c1-3-25(18-19-31-2)32(26-20-27(36-28(26)30(34)35)23-12-8-5-9-13-23)29(33)24-16-14-22(15-17-24)21-10-6-4-7-11-21/h4-13,20,22,24-25,31H,3,14-19H2,1-2H3,(H,34,35). The van der Waals surface area contributed by atoms with Gasteiger partial charge in [-0.25, -0.2) is 4.79 Å². The first-order valence-electron chi connectivity index (χ1n) is 13.0. The minimum atomic E-state index is -0.980. The predicted molar refractivity (Wildman–Crippen MR) is 148 cm³/mol. The fraction of sp³-hybridized carbons (Fsp3) is 0.400. The Morgan fingerprint density at radius 2 is 1.67 bits per heavy atom. The highest BCUT2D eigenvalue weighted by Crippen LogP contribution is 2.41. The molecule has 1 amide bonds.